The largest absolute Gasteiger partial charge is 0.483 e. The van der Waals surface area contributed by atoms with Crippen molar-refractivity contribution in [2.45, 2.75) is 13.8 Å². The van der Waals surface area contributed by atoms with E-state index in [2.05, 4.69) is 31.8 Å². The van der Waals surface area contributed by atoms with Crippen LogP contribution in [0.4, 0.5) is 5.69 Å². The zero-order valence-electron chi connectivity index (χ0n) is 17.5. The fourth-order valence-corrected chi connectivity index (χ4v) is 3.24. The molecular formula is C24H21BrClN3O3. The maximum atomic E-state index is 12.4. The molecule has 6 nitrogen and oxygen atoms in total. The number of nitrogens with one attached hydrogen (secondary N) is 2. The van der Waals surface area contributed by atoms with Gasteiger partial charge in [-0.15, -0.1) is 0 Å². The second-order valence-corrected chi connectivity index (χ2v) is 8.32. The quantitative estimate of drug-likeness (QED) is 0.323. The van der Waals surface area contributed by atoms with Crippen molar-refractivity contribution >= 4 is 51.2 Å². The number of amides is 2. The zero-order valence-corrected chi connectivity index (χ0v) is 19.8. The van der Waals surface area contributed by atoms with Gasteiger partial charge in [0.1, 0.15) is 5.75 Å². The highest BCUT2D eigenvalue weighted by Crippen LogP contribution is 2.22. The molecule has 0 heterocycles. The first-order valence-electron chi connectivity index (χ1n) is 9.71. The van der Waals surface area contributed by atoms with Gasteiger partial charge in [0, 0.05) is 26.3 Å². The lowest BCUT2D eigenvalue weighted by Gasteiger charge is -2.12. The van der Waals surface area contributed by atoms with Gasteiger partial charge in [-0.2, -0.15) is 5.10 Å². The van der Waals surface area contributed by atoms with Gasteiger partial charge in [-0.25, -0.2) is 5.43 Å². The number of hydrogen-bond acceptors (Lipinski definition) is 4. The molecule has 0 aromatic heterocycles. The number of carbonyl (C=O) groups is 2. The Morgan fingerprint density at radius 2 is 1.84 bits per heavy atom. The third-order valence-electron chi connectivity index (χ3n) is 4.69. The van der Waals surface area contributed by atoms with E-state index in [4.69, 9.17) is 16.3 Å². The monoisotopic (exact) mass is 513 g/mol. The van der Waals surface area contributed by atoms with E-state index in [0.29, 0.717) is 21.9 Å². The molecule has 0 aliphatic carbocycles. The van der Waals surface area contributed by atoms with Crippen molar-refractivity contribution in [2.75, 3.05) is 11.9 Å². The topological polar surface area (TPSA) is 79.8 Å². The lowest BCUT2D eigenvalue weighted by Crippen LogP contribution is -2.21. The number of hydrogen-bond donors (Lipinski definition) is 2. The highest BCUT2D eigenvalue weighted by molar-refractivity contribution is 9.10. The first-order chi connectivity index (χ1) is 15.3. The van der Waals surface area contributed by atoms with E-state index in [-0.39, 0.29) is 18.4 Å². The fourth-order valence-electron chi connectivity index (χ4n) is 2.79. The molecule has 0 saturated heterocycles. The van der Waals surface area contributed by atoms with Gasteiger partial charge in [0.25, 0.3) is 11.8 Å². The van der Waals surface area contributed by atoms with Crippen molar-refractivity contribution in [3.05, 3.63) is 92.4 Å². The lowest BCUT2D eigenvalue weighted by molar-refractivity contribution is -0.118. The fraction of sp³-hybridized carbons (Fsp3) is 0.125. The molecule has 2 amide bonds. The summed E-state index contributed by atoms with van der Waals surface area (Å²) in [5.41, 5.74) is 6.28. The minimum atomic E-state index is -0.355. The van der Waals surface area contributed by atoms with E-state index in [1.807, 2.05) is 32.0 Å². The number of benzene rings is 3. The second kappa shape index (κ2) is 10.9. The number of hydrazone groups is 1. The van der Waals surface area contributed by atoms with E-state index in [1.54, 1.807) is 42.5 Å². The summed E-state index contributed by atoms with van der Waals surface area (Å²) in [5, 5.41) is 7.30. The Labute approximate surface area is 199 Å². The van der Waals surface area contributed by atoms with Crippen molar-refractivity contribution < 1.29 is 14.3 Å². The number of anilines is 1. The highest BCUT2D eigenvalue weighted by atomic mass is 79.9. The first-order valence-corrected chi connectivity index (χ1v) is 10.9. The Kier molecular flexibility index (Phi) is 8.03. The summed E-state index contributed by atoms with van der Waals surface area (Å²) in [4.78, 5) is 24.5. The summed E-state index contributed by atoms with van der Waals surface area (Å²) in [7, 11) is 0. The molecule has 0 saturated carbocycles. The van der Waals surface area contributed by atoms with Crippen LogP contribution >= 0.6 is 27.5 Å². The molecule has 3 aromatic rings. The number of aryl methyl sites for hydroxylation is 1. The Bertz CT molecular complexity index is 1160. The van der Waals surface area contributed by atoms with E-state index in [9.17, 15) is 9.59 Å². The van der Waals surface area contributed by atoms with Crippen LogP contribution < -0.4 is 15.5 Å². The molecule has 0 spiro atoms. The number of carbonyl (C=O) groups excluding carboxylic acids is 2. The number of nitrogens with zero attached hydrogens (tertiary/aromatic N) is 1. The predicted octanol–water partition coefficient (Wildman–Crippen LogP) is 5.50. The minimum Gasteiger partial charge on any atom is -0.483 e. The number of rotatable bonds is 7. The summed E-state index contributed by atoms with van der Waals surface area (Å²) in [6, 6.07) is 17.5. The van der Waals surface area contributed by atoms with Gasteiger partial charge < -0.3 is 10.1 Å². The summed E-state index contributed by atoms with van der Waals surface area (Å²) in [6.45, 7) is 3.74. The van der Waals surface area contributed by atoms with Crippen LogP contribution in [-0.2, 0) is 4.79 Å². The summed E-state index contributed by atoms with van der Waals surface area (Å²) in [5.74, 6) is -0.238. The minimum absolute atomic E-state index is 0.193. The molecule has 0 bridgehead atoms. The van der Waals surface area contributed by atoms with Crippen LogP contribution in [-0.4, -0.2) is 24.6 Å². The molecule has 3 aromatic carbocycles. The predicted molar refractivity (Wildman–Crippen MR) is 131 cm³/mol. The summed E-state index contributed by atoms with van der Waals surface area (Å²) in [6.07, 6.45) is 1.42. The smallest absolute Gasteiger partial charge is 0.271 e. The molecule has 0 aliphatic rings. The molecule has 0 aliphatic heterocycles. The molecular weight excluding hydrogens is 494 g/mol. The summed E-state index contributed by atoms with van der Waals surface area (Å²) < 4.78 is 6.55. The molecule has 3 rings (SSSR count). The van der Waals surface area contributed by atoms with Gasteiger partial charge in [0.05, 0.1) is 6.21 Å². The van der Waals surface area contributed by atoms with Crippen molar-refractivity contribution in [3.8, 4) is 5.75 Å². The van der Waals surface area contributed by atoms with Crippen molar-refractivity contribution in [1.82, 2.24) is 5.43 Å². The second-order valence-electron chi connectivity index (χ2n) is 6.97. The van der Waals surface area contributed by atoms with E-state index in [1.165, 1.54) is 6.21 Å². The van der Waals surface area contributed by atoms with Gasteiger partial charge in [0.15, 0.2) is 6.61 Å². The molecule has 32 heavy (non-hydrogen) atoms. The Morgan fingerprint density at radius 1 is 1.09 bits per heavy atom. The molecule has 0 atom stereocenters. The van der Waals surface area contributed by atoms with Crippen LogP contribution in [0.1, 0.15) is 27.0 Å². The Balaban J connectivity index is 1.63. The number of halogens is 2. The van der Waals surface area contributed by atoms with E-state index >= 15 is 0 Å². The van der Waals surface area contributed by atoms with Crippen LogP contribution in [0.25, 0.3) is 0 Å². The van der Waals surface area contributed by atoms with Crippen LogP contribution in [0.15, 0.2) is 70.2 Å². The first kappa shape index (κ1) is 23.5. The maximum Gasteiger partial charge on any atom is 0.271 e. The molecule has 0 fully saturated rings. The Morgan fingerprint density at radius 3 is 2.59 bits per heavy atom. The lowest BCUT2D eigenvalue weighted by atomic mass is 10.1. The van der Waals surface area contributed by atoms with Crippen molar-refractivity contribution in [3.63, 3.8) is 0 Å². The van der Waals surface area contributed by atoms with Gasteiger partial charge in [-0.3, -0.25) is 9.59 Å². The normalized spacial score (nSPS) is 10.8. The Hall–Kier alpha value is -3.16. The van der Waals surface area contributed by atoms with Crippen LogP contribution in [0.5, 0.6) is 5.75 Å². The van der Waals surface area contributed by atoms with Crippen molar-refractivity contribution in [1.29, 1.82) is 0 Å². The molecule has 2 N–H and O–H groups in total. The number of ether oxygens (including phenoxy) is 1. The molecule has 164 valence electrons. The van der Waals surface area contributed by atoms with Gasteiger partial charge in [0.2, 0.25) is 0 Å². The third-order valence-corrected chi connectivity index (χ3v) is 5.45. The van der Waals surface area contributed by atoms with Crippen LogP contribution in [0, 0.1) is 13.8 Å². The average Bonchev–Trinajstić information content (AvgIpc) is 2.77. The van der Waals surface area contributed by atoms with Gasteiger partial charge in [-0.05, 0) is 73.5 Å². The molecule has 0 radical (unpaired) electrons. The van der Waals surface area contributed by atoms with Gasteiger partial charge in [-0.1, -0.05) is 39.7 Å². The van der Waals surface area contributed by atoms with E-state index in [0.717, 1.165) is 21.3 Å². The molecule has 8 heteroatoms. The summed E-state index contributed by atoms with van der Waals surface area (Å²) >= 11 is 9.41. The third kappa shape index (κ3) is 6.42. The van der Waals surface area contributed by atoms with Crippen LogP contribution in [0.3, 0.4) is 0 Å². The molecule has 0 unspecified atom stereocenters. The van der Waals surface area contributed by atoms with Crippen LogP contribution in [0.2, 0.25) is 5.02 Å². The van der Waals surface area contributed by atoms with Crippen molar-refractivity contribution in [2.24, 2.45) is 5.10 Å². The SMILES string of the molecule is Cc1cccc(NC(=O)COc2ccc(Cl)cc2/C=N/NC(=O)c2ccc(Br)cc2)c1C. The van der Waals surface area contributed by atoms with Gasteiger partial charge >= 0.3 is 0 Å². The highest BCUT2D eigenvalue weighted by Gasteiger charge is 2.10. The zero-order chi connectivity index (χ0) is 23.1. The van der Waals surface area contributed by atoms with E-state index < -0.39 is 0 Å². The standard InChI is InChI=1S/C24H21BrClN3O3/c1-15-4-3-5-21(16(15)2)28-23(30)14-32-22-11-10-20(26)12-18(22)13-27-29-24(31)17-6-8-19(25)9-7-17/h3-13H,14H2,1-2H3,(H,28,30)(H,29,31)/b27-13+. The average molecular weight is 515 g/mol. The maximum absolute atomic E-state index is 12.4.